The van der Waals surface area contributed by atoms with Crippen LogP contribution in [-0.2, 0) is 4.74 Å². The van der Waals surface area contributed by atoms with Crippen molar-refractivity contribution >= 4 is 22.6 Å². The Balaban J connectivity index is 1.80. The van der Waals surface area contributed by atoms with E-state index >= 15 is 0 Å². The number of hydrogen-bond donors (Lipinski definition) is 2. The molecule has 0 aliphatic carbocycles. The van der Waals surface area contributed by atoms with Crippen LogP contribution in [0.15, 0.2) is 54.4 Å². The number of aliphatic hydroxyl groups excluding tert-OH is 1. The van der Waals surface area contributed by atoms with Gasteiger partial charge in [-0.1, -0.05) is 18.2 Å². The number of benzene rings is 1. The average Bonchev–Trinajstić information content (AvgIpc) is 3.04. The van der Waals surface area contributed by atoms with E-state index in [0.717, 1.165) is 5.52 Å². The number of ether oxygens (including phenoxy) is 1. The highest BCUT2D eigenvalue weighted by atomic mass is 16.5. The molecule has 0 saturated carbocycles. The predicted molar refractivity (Wildman–Crippen MR) is 85.8 cm³/mol. The Kier molecular flexibility index (Phi) is 4.21. The summed E-state index contributed by atoms with van der Waals surface area (Å²) in [4.78, 5) is 22.8. The van der Waals surface area contributed by atoms with Gasteiger partial charge in [-0.05, 0) is 24.3 Å². The zero-order valence-corrected chi connectivity index (χ0v) is 12.4. The Hall–Kier alpha value is -3.66. The van der Waals surface area contributed by atoms with Gasteiger partial charge in [-0.2, -0.15) is 5.26 Å². The van der Waals surface area contributed by atoms with E-state index in [0.29, 0.717) is 5.52 Å². The first kappa shape index (κ1) is 15.2. The lowest BCUT2D eigenvalue weighted by Gasteiger charge is -2.04. The van der Waals surface area contributed by atoms with Crippen LogP contribution in [0.4, 0.5) is 0 Å². The number of carbonyl (C=O) groups excluding carboxylic acids is 1. The SMILES string of the molecule is N#C/C(=C(/O)COC(=O)c1ccccn1)c1nc2ccccc2[nH]1. The molecule has 24 heavy (non-hydrogen) atoms. The number of pyridine rings is 1. The van der Waals surface area contributed by atoms with Gasteiger partial charge in [-0.15, -0.1) is 0 Å². The number of aromatic amines is 1. The van der Waals surface area contributed by atoms with Crippen LogP contribution in [0.2, 0.25) is 0 Å². The molecule has 0 fully saturated rings. The molecule has 0 amide bonds. The molecule has 3 rings (SSSR count). The van der Waals surface area contributed by atoms with Gasteiger partial charge in [0.25, 0.3) is 0 Å². The average molecular weight is 320 g/mol. The van der Waals surface area contributed by atoms with Gasteiger partial charge in [-0.25, -0.2) is 14.8 Å². The summed E-state index contributed by atoms with van der Waals surface area (Å²) in [5, 5.41) is 19.4. The van der Waals surface area contributed by atoms with Crippen molar-refractivity contribution in [1.82, 2.24) is 15.0 Å². The quantitative estimate of drug-likeness (QED) is 0.434. The van der Waals surface area contributed by atoms with Crippen LogP contribution in [0.25, 0.3) is 16.6 Å². The first-order chi connectivity index (χ1) is 11.7. The number of aromatic nitrogens is 3. The monoisotopic (exact) mass is 320 g/mol. The van der Waals surface area contributed by atoms with E-state index < -0.39 is 12.6 Å². The van der Waals surface area contributed by atoms with Gasteiger partial charge in [0.2, 0.25) is 0 Å². The number of nitrogens with zero attached hydrogens (tertiary/aromatic N) is 3. The minimum Gasteiger partial charge on any atom is -0.507 e. The Bertz CT molecular complexity index is 922. The molecule has 0 radical (unpaired) electrons. The Labute approximate surface area is 136 Å². The van der Waals surface area contributed by atoms with E-state index in [1.807, 2.05) is 18.2 Å². The molecular formula is C17H12N4O3. The van der Waals surface area contributed by atoms with Crippen molar-refractivity contribution in [3.63, 3.8) is 0 Å². The second-order valence-electron chi connectivity index (χ2n) is 4.83. The maximum Gasteiger partial charge on any atom is 0.357 e. The number of allylic oxidation sites excluding steroid dienone is 1. The lowest BCUT2D eigenvalue weighted by atomic mass is 10.2. The topological polar surface area (TPSA) is 112 Å². The van der Waals surface area contributed by atoms with Gasteiger partial charge < -0.3 is 14.8 Å². The van der Waals surface area contributed by atoms with Crippen LogP contribution in [0.5, 0.6) is 0 Å². The summed E-state index contributed by atoms with van der Waals surface area (Å²) in [6, 6.07) is 13.9. The third-order valence-corrected chi connectivity index (χ3v) is 3.24. The van der Waals surface area contributed by atoms with Gasteiger partial charge in [0.15, 0.2) is 11.6 Å². The van der Waals surface area contributed by atoms with E-state index in [-0.39, 0.29) is 22.9 Å². The highest BCUT2D eigenvalue weighted by Crippen LogP contribution is 2.18. The van der Waals surface area contributed by atoms with Gasteiger partial charge in [0.05, 0.1) is 11.0 Å². The van der Waals surface area contributed by atoms with E-state index in [1.54, 1.807) is 24.3 Å². The predicted octanol–water partition coefficient (Wildman–Crippen LogP) is 2.61. The molecule has 7 heteroatoms. The van der Waals surface area contributed by atoms with Crippen molar-refractivity contribution in [2.45, 2.75) is 0 Å². The van der Waals surface area contributed by atoms with Crippen LogP contribution in [0.3, 0.4) is 0 Å². The van der Waals surface area contributed by atoms with E-state index in [9.17, 15) is 15.2 Å². The van der Waals surface area contributed by atoms with Gasteiger partial charge in [-0.3, -0.25) is 0 Å². The van der Waals surface area contributed by atoms with E-state index in [2.05, 4.69) is 15.0 Å². The van der Waals surface area contributed by atoms with Crippen molar-refractivity contribution in [2.75, 3.05) is 6.61 Å². The molecular weight excluding hydrogens is 308 g/mol. The zero-order valence-electron chi connectivity index (χ0n) is 12.4. The molecule has 0 aliphatic rings. The summed E-state index contributed by atoms with van der Waals surface area (Å²) in [6.07, 6.45) is 1.46. The fourth-order valence-electron chi connectivity index (χ4n) is 2.09. The molecule has 0 saturated heterocycles. The standard InChI is InChI=1S/C17H12N4O3/c18-9-11(16-20-12-5-1-2-6-13(12)21-16)15(22)10-24-17(23)14-7-3-4-8-19-14/h1-8,22H,10H2,(H,20,21)/b15-11-. The Morgan fingerprint density at radius 1 is 1.25 bits per heavy atom. The summed E-state index contributed by atoms with van der Waals surface area (Å²) in [5.41, 5.74) is 1.43. The molecule has 2 aromatic heterocycles. The van der Waals surface area contributed by atoms with Crippen LogP contribution < -0.4 is 0 Å². The first-order valence-electron chi connectivity index (χ1n) is 7.04. The largest absolute Gasteiger partial charge is 0.507 e. The lowest BCUT2D eigenvalue weighted by Crippen LogP contribution is -2.10. The lowest BCUT2D eigenvalue weighted by molar-refractivity contribution is 0.0496. The number of para-hydroxylation sites is 2. The van der Waals surface area contributed by atoms with Crippen LogP contribution >= 0.6 is 0 Å². The maximum absolute atomic E-state index is 11.8. The van der Waals surface area contributed by atoms with E-state index in [4.69, 9.17) is 4.74 Å². The van der Waals surface area contributed by atoms with Gasteiger partial charge in [0, 0.05) is 6.20 Å². The summed E-state index contributed by atoms with van der Waals surface area (Å²) >= 11 is 0. The third kappa shape index (κ3) is 3.08. The van der Waals surface area contributed by atoms with Crippen LogP contribution in [0.1, 0.15) is 16.3 Å². The highest BCUT2D eigenvalue weighted by molar-refractivity contribution is 5.87. The molecule has 2 heterocycles. The molecule has 2 N–H and O–H groups in total. The second kappa shape index (κ2) is 6.62. The number of aliphatic hydroxyl groups is 1. The summed E-state index contributed by atoms with van der Waals surface area (Å²) in [7, 11) is 0. The highest BCUT2D eigenvalue weighted by Gasteiger charge is 2.15. The molecule has 0 bridgehead atoms. The van der Waals surface area contributed by atoms with Crippen molar-refractivity contribution in [3.8, 4) is 6.07 Å². The number of carbonyl (C=O) groups is 1. The number of fused-ring (bicyclic) bond motifs is 1. The summed E-state index contributed by atoms with van der Waals surface area (Å²) in [6.45, 7) is -0.449. The summed E-state index contributed by atoms with van der Waals surface area (Å²) in [5.74, 6) is -0.866. The molecule has 0 unspecified atom stereocenters. The minimum atomic E-state index is -0.691. The normalized spacial score (nSPS) is 11.6. The fraction of sp³-hybridized carbons (Fsp3) is 0.0588. The Morgan fingerprint density at radius 3 is 2.75 bits per heavy atom. The van der Waals surface area contributed by atoms with Crippen molar-refractivity contribution < 1.29 is 14.6 Å². The zero-order chi connectivity index (χ0) is 16.9. The number of hydrogen-bond acceptors (Lipinski definition) is 6. The number of nitriles is 1. The third-order valence-electron chi connectivity index (χ3n) is 3.24. The van der Waals surface area contributed by atoms with Crippen molar-refractivity contribution in [2.24, 2.45) is 0 Å². The first-order valence-corrected chi connectivity index (χ1v) is 7.04. The number of imidazole rings is 1. The maximum atomic E-state index is 11.8. The van der Waals surface area contributed by atoms with E-state index in [1.165, 1.54) is 12.3 Å². The van der Waals surface area contributed by atoms with Crippen LogP contribution in [-0.4, -0.2) is 32.6 Å². The minimum absolute atomic E-state index is 0.0833. The second-order valence-corrected chi connectivity index (χ2v) is 4.83. The molecule has 0 atom stereocenters. The smallest absolute Gasteiger partial charge is 0.357 e. The van der Waals surface area contributed by atoms with Gasteiger partial charge >= 0.3 is 5.97 Å². The van der Waals surface area contributed by atoms with Crippen molar-refractivity contribution in [1.29, 1.82) is 5.26 Å². The molecule has 3 aromatic rings. The van der Waals surface area contributed by atoms with Gasteiger partial charge in [0.1, 0.15) is 23.9 Å². The fourth-order valence-corrected chi connectivity index (χ4v) is 2.09. The molecule has 0 aliphatic heterocycles. The van der Waals surface area contributed by atoms with Crippen LogP contribution in [0, 0.1) is 11.3 Å². The molecule has 118 valence electrons. The number of H-pyrrole nitrogens is 1. The molecule has 7 nitrogen and oxygen atoms in total. The number of nitrogens with one attached hydrogen (secondary N) is 1. The number of esters is 1. The summed E-state index contributed by atoms with van der Waals surface area (Å²) < 4.78 is 4.97. The Morgan fingerprint density at radius 2 is 2.04 bits per heavy atom. The van der Waals surface area contributed by atoms with Crippen molar-refractivity contribution in [3.05, 3.63) is 65.9 Å². The molecule has 1 aromatic carbocycles. The number of rotatable bonds is 4. The molecule has 0 spiro atoms.